The van der Waals surface area contributed by atoms with Crippen LogP contribution in [0, 0.1) is 0 Å². The Labute approximate surface area is 107 Å². The average molecular weight is 271 g/mol. The van der Waals surface area contributed by atoms with E-state index in [0.717, 1.165) is 31.0 Å². The monoisotopic (exact) mass is 271 g/mol. The summed E-state index contributed by atoms with van der Waals surface area (Å²) in [6, 6.07) is 0. The molecule has 2 heterocycles. The fourth-order valence-corrected chi connectivity index (χ4v) is 3.39. The minimum absolute atomic E-state index is 0.880. The maximum atomic E-state index is 4.23. The topological polar surface area (TPSA) is 37.8 Å². The van der Waals surface area contributed by atoms with Crippen LogP contribution in [0.4, 0.5) is 0 Å². The second-order valence-corrected chi connectivity index (χ2v) is 6.11. The van der Waals surface area contributed by atoms with Gasteiger partial charge in [0, 0.05) is 29.3 Å². The molecule has 6 heteroatoms. The lowest BCUT2D eigenvalue weighted by Crippen LogP contribution is -2.15. The fourth-order valence-electron chi connectivity index (χ4n) is 1.18. The number of nitrogens with one attached hydrogen (secondary N) is 1. The van der Waals surface area contributed by atoms with Crippen LogP contribution in [0.3, 0.4) is 0 Å². The normalized spacial score (nSPS) is 10.8. The quantitative estimate of drug-likeness (QED) is 0.621. The molecule has 2 aromatic heterocycles. The Morgan fingerprint density at radius 3 is 3.12 bits per heavy atom. The van der Waals surface area contributed by atoms with E-state index >= 15 is 0 Å². The van der Waals surface area contributed by atoms with Gasteiger partial charge in [-0.1, -0.05) is 11.8 Å². The lowest BCUT2D eigenvalue weighted by molar-refractivity contribution is 0.670. The first-order valence-corrected chi connectivity index (χ1v) is 7.86. The Morgan fingerprint density at radius 1 is 1.38 bits per heavy atom. The molecule has 3 nitrogen and oxygen atoms in total. The zero-order valence-corrected chi connectivity index (χ0v) is 11.2. The number of aromatic nitrogens is 2. The zero-order chi connectivity index (χ0) is 11.1. The van der Waals surface area contributed by atoms with E-state index in [4.69, 9.17) is 0 Å². The first-order valence-electron chi connectivity index (χ1n) is 5.05. The van der Waals surface area contributed by atoms with E-state index in [2.05, 4.69) is 20.7 Å². The van der Waals surface area contributed by atoms with E-state index in [-0.39, 0.29) is 0 Å². The summed E-state index contributed by atoms with van der Waals surface area (Å²) in [7, 11) is 0. The number of thiazole rings is 2. The molecule has 0 radical (unpaired) electrons. The molecule has 2 rings (SSSR count). The van der Waals surface area contributed by atoms with Gasteiger partial charge < -0.3 is 5.32 Å². The summed E-state index contributed by atoms with van der Waals surface area (Å²) in [5.41, 5.74) is 3.01. The Bertz CT molecular complexity index is 334. The van der Waals surface area contributed by atoms with Crippen molar-refractivity contribution in [3.8, 4) is 0 Å². The molecule has 0 atom stereocenters. The van der Waals surface area contributed by atoms with Crippen molar-refractivity contribution in [1.29, 1.82) is 0 Å². The Kier molecular flexibility index (Phi) is 5.27. The van der Waals surface area contributed by atoms with Crippen LogP contribution in [-0.4, -0.2) is 22.3 Å². The van der Waals surface area contributed by atoms with Gasteiger partial charge in [-0.05, 0) is 13.0 Å². The molecule has 0 amide bonds. The Morgan fingerprint density at radius 2 is 2.38 bits per heavy atom. The summed E-state index contributed by atoms with van der Waals surface area (Å²) in [6.07, 6.45) is 3.02. The molecule has 0 aliphatic carbocycles. The van der Waals surface area contributed by atoms with Crippen LogP contribution in [0.15, 0.2) is 26.8 Å². The van der Waals surface area contributed by atoms with Gasteiger partial charge in [0.1, 0.15) is 4.34 Å². The summed E-state index contributed by atoms with van der Waals surface area (Å²) in [5, 5.41) is 7.48. The van der Waals surface area contributed by atoms with Gasteiger partial charge in [0.25, 0.3) is 0 Å². The zero-order valence-electron chi connectivity index (χ0n) is 8.76. The molecule has 0 spiro atoms. The van der Waals surface area contributed by atoms with Crippen LogP contribution < -0.4 is 5.32 Å². The van der Waals surface area contributed by atoms with Crippen molar-refractivity contribution in [3.05, 3.63) is 28.2 Å². The maximum Gasteiger partial charge on any atom is 0.149 e. The van der Waals surface area contributed by atoms with Crippen molar-refractivity contribution >= 4 is 34.4 Å². The minimum Gasteiger partial charge on any atom is -0.311 e. The first kappa shape index (κ1) is 12.0. The number of rotatable bonds is 7. The van der Waals surface area contributed by atoms with E-state index < -0.39 is 0 Å². The summed E-state index contributed by atoms with van der Waals surface area (Å²) < 4.78 is 1.17. The minimum atomic E-state index is 0.880. The van der Waals surface area contributed by atoms with Gasteiger partial charge in [-0.3, -0.25) is 0 Å². The highest BCUT2D eigenvalue weighted by atomic mass is 32.2. The van der Waals surface area contributed by atoms with Crippen molar-refractivity contribution in [2.45, 2.75) is 17.3 Å². The molecule has 0 aliphatic rings. The molecule has 1 N–H and O–H groups in total. The molecule has 0 bridgehead atoms. The standard InChI is InChI=1S/C10H13N3S3/c1(4-15-10-12-3-5-16-10)2-11-6-9-7-14-8-13-9/h3,5,7-8,11H,1-2,4,6H2. The lowest BCUT2D eigenvalue weighted by atomic mass is 10.4. The molecule has 0 saturated heterocycles. The van der Waals surface area contributed by atoms with E-state index in [9.17, 15) is 0 Å². The Hall–Kier alpha value is -0.430. The molecule has 0 aliphatic heterocycles. The maximum absolute atomic E-state index is 4.23. The summed E-state index contributed by atoms with van der Waals surface area (Å²) >= 11 is 5.18. The SMILES string of the molecule is c1csc(SCCCNCc2cscn2)n1. The van der Waals surface area contributed by atoms with E-state index in [1.165, 1.54) is 4.34 Å². The third-order valence-corrected chi connectivity index (χ3v) is 4.61. The molecule has 2 aromatic rings. The predicted molar refractivity (Wildman–Crippen MR) is 71.3 cm³/mol. The van der Waals surface area contributed by atoms with E-state index in [1.807, 2.05) is 28.8 Å². The number of thioether (sulfide) groups is 1. The first-order chi connectivity index (χ1) is 7.95. The van der Waals surface area contributed by atoms with Crippen LogP contribution in [0.5, 0.6) is 0 Å². The largest absolute Gasteiger partial charge is 0.311 e. The third kappa shape index (κ3) is 4.21. The second-order valence-electron chi connectivity index (χ2n) is 3.16. The smallest absolute Gasteiger partial charge is 0.149 e. The van der Waals surface area contributed by atoms with Gasteiger partial charge >= 0.3 is 0 Å². The van der Waals surface area contributed by atoms with Crippen molar-refractivity contribution < 1.29 is 0 Å². The average Bonchev–Trinajstić information content (AvgIpc) is 2.96. The van der Waals surface area contributed by atoms with Gasteiger partial charge in [-0.25, -0.2) is 9.97 Å². The van der Waals surface area contributed by atoms with Gasteiger partial charge in [0.15, 0.2) is 0 Å². The van der Waals surface area contributed by atoms with Gasteiger partial charge in [0.05, 0.1) is 11.2 Å². The van der Waals surface area contributed by atoms with Crippen LogP contribution in [0.2, 0.25) is 0 Å². The van der Waals surface area contributed by atoms with E-state index in [1.54, 1.807) is 22.7 Å². The molecule has 86 valence electrons. The predicted octanol–water partition coefficient (Wildman–Crippen LogP) is 2.87. The highest BCUT2D eigenvalue weighted by molar-refractivity contribution is 8.00. The van der Waals surface area contributed by atoms with Crippen LogP contribution in [0.25, 0.3) is 0 Å². The number of hydrogen-bond acceptors (Lipinski definition) is 6. The molecular formula is C10H13N3S3. The molecule has 0 aromatic carbocycles. The number of hydrogen-bond donors (Lipinski definition) is 1. The van der Waals surface area contributed by atoms with Gasteiger partial charge in [-0.2, -0.15) is 0 Å². The summed E-state index contributed by atoms with van der Waals surface area (Å²) in [6.45, 7) is 1.92. The fraction of sp³-hybridized carbons (Fsp3) is 0.400. The molecule has 0 unspecified atom stereocenters. The van der Waals surface area contributed by atoms with E-state index in [0.29, 0.717) is 0 Å². The van der Waals surface area contributed by atoms with Crippen molar-refractivity contribution in [1.82, 2.24) is 15.3 Å². The highest BCUT2D eigenvalue weighted by Crippen LogP contribution is 2.20. The van der Waals surface area contributed by atoms with Crippen molar-refractivity contribution in [3.63, 3.8) is 0 Å². The number of nitrogens with zero attached hydrogens (tertiary/aromatic N) is 2. The molecular weight excluding hydrogens is 258 g/mol. The summed E-state index contributed by atoms with van der Waals surface area (Å²) in [5.74, 6) is 1.12. The van der Waals surface area contributed by atoms with Gasteiger partial charge in [0.2, 0.25) is 0 Å². The van der Waals surface area contributed by atoms with Crippen LogP contribution in [0.1, 0.15) is 12.1 Å². The Balaban J connectivity index is 1.49. The molecule has 0 saturated carbocycles. The van der Waals surface area contributed by atoms with Gasteiger partial charge in [-0.15, -0.1) is 22.7 Å². The lowest BCUT2D eigenvalue weighted by Gasteiger charge is -2.01. The van der Waals surface area contributed by atoms with Crippen molar-refractivity contribution in [2.24, 2.45) is 0 Å². The third-order valence-electron chi connectivity index (χ3n) is 1.92. The van der Waals surface area contributed by atoms with Crippen LogP contribution in [-0.2, 0) is 6.54 Å². The highest BCUT2D eigenvalue weighted by Gasteiger charge is 1.96. The second kappa shape index (κ2) is 7.01. The molecule has 0 fully saturated rings. The molecule has 16 heavy (non-hydrogen) atoms. The van der Waals surface area contributed by atoms with Crippen LogP contribution >= 0.6 is 34.4 Å². The summed E-state index contributed by atoms with van der Waals surface area (Å²) in [4.78, 5) is 8.44. The van der Waals surface area contributed by atoms with Crippen molar-refractivity contribution in [2.75, 3.05) is 12.3 Å².